The van der Waals surface area contributed by atoms with Crippen molar-refractivity contribution in [3.63, 3.8) is 0 Å². The van der Waals surface area contributed by atoms with Crippen LogP contribution in [-0.4, -0.2) is 37.7 Å². The maximum absolute atomic E-state index is 5.63. The summed E-state index contributed by atoms with van der Waals surface area (Å²) in [4.78, 5) is 8.93. The molecule has 138 valence electrons. The third-order valence-corrected chi connectivity index (χ3v) is 4.61. The fourth-order valence-electron chi connectivity index (χ4n) is 2.03. The first-order chi connectivity index (χ1) is 11.0. The molecule has 0 amide bonds. The number of thiazole rings is 1. The van der Waals surface area contributed by atoms with E-state index in [1.54, 1.807) is 18.4 Å². The summed E-state index contributed by atoms with van der Waals surface area (Å²) >= 11 is 1.70. The lowest BCUT2D eigenvalue weighted by molar-refractivity contribution is 0.123. The Hall–Kier alpha value is -0.410. The molecule has 1 heterocycles. The zero-order valence-corrected chi connectivity index (χ0v) is 18.4. The first-order valence-electron chi connectivity index (χ1n) is 8.46. The molecule has 0 atom stereocenters. The van der Waals surface area contributed by atoms with Crippen molar-refractivity contribution in [1.82, 2.24) is 15.6 Å². The minimum atomic E-state index is 0. The van der Waals surface area contributed by atoms with Gasteiger partial charge >= 0.3 is 0 Å². The summed E-state index contributed by atoms with van der Waals surface area (Å²) in [6.07, 6.45) is 3.70. The van der Waals surface area contributed by atoms with Crippen molar-refractivity contribution >= 4 is 41.3 Å². The molecule has 7 heteroatoms. The molecule has 1 aliphatic carbocycles. The van der Waals surface area contributed by atoms with Crippen LogP contribution in [0.4, 0.5) is 0 Å². The molecule has 1 saturated carbocycles. The van der Waals surface area contributed by atoms with Gasteiger partial charge < -0.3 is 15.4 Å². The molecule has 2 N–H and O–H groups in total. The van der Waals surface area contributed by atoms with Crippen molar-refractivity contribution in [1.29, 1.82) is 0 Å². The highest BCUT2D eigenvalue weighted by atomic mass is 127. The van der Waals surface area contributed by atoms with Gasteiger partial charge in [0.1, 0.15) is 5.01 Å². The quantitative estimate of drug-likeness (QED) is 0.266. The molecule has 2 rings (SSSR count). The molecule has 0 aromatic carbocycles. The molecule has 1 fully saturated rings. The summed E-state index contributed by atoms with van der Waals surface area (Å²) in [7, 11) is 1.79. The van der Waals surface area contributed by atoms with Gasteiger partial charge in [-0.1, -0.05) is 20.8 Å². The number of aliphatic imine (C=N–C) groups is 1. The van der Waals surface area contributed by atoms with E-state index in [-0.39, 0.29) is 29.4 Å². The number of nitrogens with one attached hydrogen (secondary N) is 2. The molecule has 0 saturated heterocycles. The van der Waals surface area contributed by atoms with Crippen LogP contribution in [0.1, 0.15) is 50.7 Å². The van der Waals surface area contributed by atoms with Crippen LogP contribution >= 0.6 is 35.3 Å². The van der Waals surface area contributed by atoms with Crippen molar-refractivity contribution < 1.29 is 4.74 Å². The van der Waals surface area contributed by atoms with Crippen molar-refractivity contribution in [2.24, 2.45) is 10.9 Å². The first-order valence-corrected chi connectivity index (χ1v) is 9.34. The second-order valence-corrected chi connectivity index (χ2v) is 8.04. The van der Waals surface area contributed by atoms with Crippen LogP contribution in [0, 0.1) is 5.92 Å². The van der Waals surface area contributed by atoms with Gasteiger partial charge in [-0.05, 0) is 25.2 Å². The van der Waals surface area contributed by atoms with Crippen molar-refractivity contribution in [2.45, 2.75) is 52.0 Å². The third-order valence-electron chi connectivity index (χ3n) is 3.76. The van der Waals surface area contributed by atoms with Gasteiger partial charge in [-0.15, -0.1) is 35.3 Å². The van der Waals surface area contributed by atoms with Gasteiger partial charge in [-0.2, -0.15) is 0 Å². The lowest BCUT2D eigenvalue weighted by Gasteiger charge is -2.14. The van der Waals surface area contributed by atoms with Crippen LogP contribution in [-0.2, 0) is 16.7 Å². The van der Waals surface area contributed by atoms with E-state index >= 15 is 0 Å². The Labute approximate surface area is 167 Å². The predicted molar refractivity (Wildman–Crippen MR) is 113 cm³/mol. The minimum Gasteiger partial charge on any atom is -0.381 e. The molecular formula is C17H31IN4OS. The Morgan fingerprint density at radius 2 is 2.12 bits per heavy atom. The number of hydrogen-bond donors (Lipinski definition) is 2. The van der Waals surface area contributed by atoms with E-state index in [1.165, 1.54) is 12.8 Å². The largest absolute Gasteiger partial charge is 0.381 e. The van der Waals surface area contributed by atoms with Gasteiger partial charge in [-0.3, -0.25) is 4.99 Å². The van der Waals surface area contributed by atoms with E-state index in [2.05, 4.69) is 46.8 Å². The highest BCUT2D eigenvalue weighted by molar-refractivity contribution is 14.0. The average molecular weight is 466 g/mol. The molecule has 0 bridgehead atoms. The SMILES string of the molecule is CN=C(NCCCOCC1CC1)NCc1nc(C(C)(C)C)cs1.I. The summed E-state index contributed by atoms with van der Waals surface area (Å²) in [6.45, 7) is 9.89. The molecule has 5 nitrogen and oxygen atoms in total. The maximum Gasteiger partial charge on any atom is 0.191 e. The Kier molecular flexibility index (Phi) is 9.51. The fraction of sp³-hybridized carbons (Fsp3) is 0.765. The zero-order valence-electron chi connectivity index (χ0n) is 15.2. The maximum atomic E-state index is 5.63. The lowest BCUT2D eigenvalue weighted by atomic mass is 9.93. The topological polar surface area (TPSA) is 58.5 Å². The molecule has 0 radical (unpaired) electrons. The number of ether oxygens (including phenoxy) is 1. The molecule has 0 aliphatic heterocycles. The fourth-order valence-corrected chi connectivity index (χ4v) is 2.99. The lowest BCUT2D eigenvalue weighted by Crippen LogP contribution is -2.37. The van der Waals surface area contributed by atoms with Crippen LogP contribution in [0.3, 0.4) is 0 Å². The number of guanidine groups is 1. The summed E-state index contributed by atoms with van der Waals surface area (Å²) in [5.74, 6) is 1.66. The summed E-state index contributed by atoms with van der Waals surface area (Å²) < 4.78 is 5.63. The zero-order chi connectivity index (χ0) is 16.7. The Morgan fingerprint density at radius 3 is 2.71 bits per heavy atom. The Balaban J connectivity index is 0.00000288. The molecular weight excluding hydrogens is 435 g/mol. The van der Waals surface area contributed by atoms with Crippen molar-refractivity contribution in [3.05, 3.63) is 16.1 Å². The van der Waals surface area contributed by atoms with E-state index < -0.39 is 0 Å². The van der Waals surface area contributed by atoms with Crippen molar-refractivity contribution in [2.75, 3.05) is 26.8 Å². The minimum absolute atomic E-state index is 0. The van der Waals surface area contributed by atoms with Gasteiger partial charge in [0.15, 0.2) is 5.96 Å². The summed E-state index contributed by atoms with van der Waals surface area (Å²) in [5.41, 5.74) is 1.25. The number of hydrogen-bond acceptors (Lipinski definition) is 4. The van der Waals surface area contributed by atoms with Gasteiger partial charge in [0.2, 0.25) is 0 Å². The second-order valence-electron chi connectivity index (χ2n) is 7.10. The molecule has 1 aromatic heterocycles. The van der Waals surface area contributed by atoms with E-state index in [0.29, 0.717) is 6.54 Å². The molecule has 0 unspecified atom stereocenters. The molecule has 0 spiro atoms. The first kappa shape index (κ1) is 21.6. The van der Waals surface area contributed by atoms with Gasteiger partial charge in [-0.25, -0.2) is 4.98 Å². The summed E-state index contributed by atoms with van der Waals surface area (Å²) in [6, 6.07) is 0. The molecule has 24 heavy (non-hydrogen) atoms. The van der Waals surface area contributed by atoms with Crippen LogP contribution in [0.25, 0.3) is 0 Å². The van der Waals surface area contributed by atoms with E-state index in [0.717, 1.165) is 48.8 Å². The van der Waals surface area contributed by atoms with Crippen LogP contribution < -0.4 is 10.6 Å². The average Bonchev–Trinajstić information content (AvgIpc) is 3.19. The Bertz CT molecular complexity index is 509. The second kappa shape index (κ2) is 10.6. The predicted octanol–water partition coefficient (Wildman–Crippen LogP) is 3.54. The summed E-state index contributed by atoms with van der Waals surface area (Å²) in [5, 5.41) is 9.86. The monoisotopic (exact) mass is 466 g/mol. The standard InChI is InChI=1S/C17H30N4OS.HI/c1-17(2,3)14-12-23-15(21-14)10-20-16(18-4)19-8-5-9-22-11-13-6-7-13;/h12-13H,5-11H2,1-4H3,(H2,18,19,20);1H. The highest BCUT2D eigenvalue weighted by Gasteiger charge is 2.20. The number of halogens is 1. The van der Waals surface area contributed by atoms with Gasteiger partial charge in [0.05, 0.1) is 12.2 Å². The smallest absolute Gasteiger partial charge is 0.191 e. The normalized spacial score (nSPS) is 15.1. The van der Waals surface area contributed by atoms with Crippen molar-refractivity contribution in [3.8, 4) is 0 Å². The van der Waals surface area contributed by atoms with E-state index in [1.807, 2.05) is 0 Å². The van der Waals surface area contributed by atoms with Gasteiger partial charge in [0.25, 0.3) is 0 Å². The van der Waals surface area contributed by atoms with Crippen LogP contribution in [0.15, 0.2) is 10.4 Å². The highest BCUT2D eigenvalue weighted by Crippen LogP contribution is 2.28. The number of aromatic nitrogens is 1. The van der Waals surface area contributed by atoms with E-state index in [9.17, 15) is 0 Å². The molecule has 1 aliphatic rings. The molecule has 1 aromatic rings. The number of nitrogens with zero attached hydrogens (tertiary/aromatic N) is 2. The van der Waals surface area contributed by atoms with E-state index in [4.69, 9.17) is 4.74 Å². The van der Waals surface area contributed by atoms with Crippen LogP contribution in [0.5, 0.6) is 0 Å². The van der Waals surface area contributed by atoms with Gasteiger partial charge in [0, 0.05) is 37.6 Å². The van der Waals surface area contributed by atoms with Crippen LogP contribution in [0.2, 0.25) is 0 Å². The number of rotatable bonds is 8. The Morgan fingerprint density at radius 1 is 1.38 bits per heavy atom. The third kappa shape index (κ3) is 8.11.